The van der Waals surface area contributed by atoms with Gasteiger partial charge in [-0.2, -0.15) is 0 Å². The van der Waals surface area contributed by atoms with Gasteiger partial charge in [-0.05, 0) is 36.6 Å². The number of hydrogen-bond acceptors (Lipinski definition) is 3. The van der Waals surface area contributed by atoms with Gasteiger partial charge in [-0.15, -0.1) is 0 Å². The van der Waals surface area contributed by atoms with Crippen LogP contribution in [0.1, 0.15) is 25.3 Å². The lowest BCUT2D eigenvalue weighted by atomic mass is 10.1. The van der Waals surface area contributed by atoms with Gasteiger partial charge in [0.05, 0.1) is 17.1 Å². The number of benzene rings is 1. The van der Waals surface area contributed by atoms with Crippen molar-refractivity contribution in [3.63, 3.8) is 0 Å². The number of hydrogen-bond donors (Lipinski definition) is 3. The average Bonchev–Trinajstić information content (AvgIpc) is 2.75. The van der Waals surface area contributed by atoms with Crippen LogP contribution in [0.15, 0.2) is 12.1 Å². The summed E-state index contributed by atoms with van der Waals surface area (Å²) in [5.41, 5.74) is 7.64. The first-order valence-electron chi connectivity index (χ1n) is 6.61. The van der Waals surface area contributed by atoms with Gasteiger partial charge in [0.1, 0.15) is 0 Å². The lowest BCUT2D eigenvalue weighted by molar-refractivity contribution is -0.116. The van der Waals surface area contributed by atoms with E-state index in [0.29, 0.717) is 36.0 Å². The lowest BCUT2D eigenvalue weighted by Gasteiger charge is -2.11. The molecule has 1 heterocycles. The smallest absolute Gasteiger partial charge is 0.228 e. The van der Waals surface area contributed by atoms with Gasteiger partial charge in [0.15, 0.2) is 0 Å². The van der Waals surface area contributed by atoms with Gasteiger partial charge in [-0.1, -0.05) is 18.5 Å². The second kappa shape index (κ2) is 6.24. The zero-order chi connectivity index (χ0) is 14.7. The molecule has 0 saturated carbocycles. The third-order valence-corrected chi connectivity index (χ3v) is 3.67. The molecular formula is C14H18ClN3O2. The van der Waals surface area contributed by atoms with Crippen molar-refractivity contribution in [3.05, 3.63) is 22.7 Å². The summed E-state index contributed by atoms with van der Waals surface area (Å²) in [5, 5.41) is 5.92. The van der Waals surface area contributed by atoms with E-state index in [9.17, 15) is 9.59 Å². The highest BCUT2D eigenvalue weighted by atomic mass is 35.5. The molecule has 0 saturated heterocycles. The normalized spacial score (nSPS) is 14.7. The maximum absolute atomic E-state index is 11.9. The van der Waals surface area contributed by atoms with Crippen LogP contribution in [0, 0.1) is 5.92 Å². The van der Waals surface area contributed by atoms with Crippen LogP contribution in [-0.4, -0.2) is 18.4 Å². The van der Waals surface area contributed by atoms with Gasteiger partial charge >= 0.3 is 0 Å². The Morgan fingerprint density at radius 3 is 3.00 bits per heavy atom. The summed E-state index contributed by atoms with van der Waals surface area (Å²) >= 11 is 6.10. The van der Waals surface area contributed by atoms with Crippen molar-refractivity contribution in [1.82, 2.24) is 0 Å². The first kappa shape index (κ1) is 14.8. The number of carbonyl (C=O) groups excluding carboxylic acids is 2. The topological polar surface area (TPSA) is 84.2 Å². The Morgan fingerprint density at radius 1 is 1.55 bits per heavy atom. The Labute approximate surface area is 122 Å². The van der Waals surface area contributed by atoms with E-state index in [-0.39, 0.29) is 11.8 Å². The van der Waals surface area contributed by atoms with Crippen molar-refractivity contribution in [1.29, 1.82) is 0 Å². The van der Waals surface area contributed by atoms with E-state index in [1.807, 2.05) is 6.92 Å². The standard InChI is InChI=1S/C14H18ClN3O2/c1-8(7-16)2-3-13(19)18-12-4-9-5-14(20)17-11(9)6-10(12)15/h4,6,8H,2-3,5,7,16H2,1H3,(H,17,20)(H,18,19). The maximum atomic E-state index is 11.9. The summed E-state index contributed by atoms with van der Waals surface area (Å²) in [6.07, 6.45) is 1.47. The molecule has 1 unspecified atom stereocenters. The quantitative estimate of drug-likeness (QED) is 0.778. The highest BCUT2D eigenvalue weighted by Crippen LogP contribution is 2.32. The number of fused-ring (bicyclic) bond motifs is 1. The van der Waals surface area contributed by atoms with Crippen molar-refractivity contribution < 1.29 is 9.59 Å². The van der Waals surface area contributed by atoms with E-state index in [0.717, 1.165) is 17.7 Å². The molecule has 1 aromatic rings. The van der Waals surface area contributed by atoms with E-state index in [1.54, 1.807) is 12.1 Å². The first-order chi connectivity index (χ1) is 9.49. The summed E-state index contributed by atoms with van der Waals surface area (Å²) in [5.74, 6) is 0.166. The molecule has 0 aromatic heterocycles. The van der Waals surface area contributed by atoms with Crippen LogP contribution in [-0.2, 0) is 16.0 Å². The molecule has 0 fully saturated rings. The molecule has 0 aliphatic carbocycles. The number of anilines is 2. The highest BCUT2D eigenvalue weighted by molar-refractivity contribution is 6.34. The Balaban J connectivity index is 2.01. The molecular weight excluding hydrogens is 278 g/mol. The molecule has 0 radical (unpaired) electrons. The van der Waals surface area contributed by atoms with Crippen LogP contribution in [0.5, 0.6) is 0 Å². The third-order valence-electron chi connectivity index (χ3n) is 3.36. The van der Waals surface area contributed by atoms with E-state index in [1.165, 1.54) is 0 Å². The van der Waals surface area contributed by atoms with Gasteiger partial charge < -0.3 is 16.4 Å². The van der Waals surface area contributed by atoms with Crippen LogP contribution in [0.2, 0.25) is 5.02 Å². The zero-order valence-electron chi connectivity index (χ0n) is 11.3. The van der Waals surface area contributed by atoms with E-state index < -0.39 is 0 Å². The molecule has 1 aromatic carbocycles. The molecule has 2 amide bonds. The second-order valence-electron chi connectivity index (χ2n) is 5.14. The number of carbonyl (C=O) groups is 2. The third kappa shape index (κ3) is 3.49. The van der Waals surface area contributed by atoms with Crippen LogP contribution in [0.3, 0.4) is 0 Å². The molecule has 1 aliphatic heterocycles. The number of rotatable bonds is 5. The van der Waals surface area contributed by atoms with Crippen LogP contribution in [0.25, 0.3) is 0 Å². The van der Waals surface area contributed by atoms with Gasteiger partial charge in [0.25, 0.3) is 0 Å². The highest BCUT2D eigenvalue weighted by Gasteiger charge is 2.20. The molecule has 2 rings (SSSR count). The zero-order valence-corrected chi connectivity index (χ0v) is 12.1. The van der Waals surface area contributed by atoms with E-state index in [4.69, 9.17) is 17.3 Å². The fourth-order valence-corrected chi connectivity index (χ4v) is 2.26. The number of nitrogens with two attached hydrogens (primary N) is 1. The second-order valence-corrected chi connectivity index (χ2v) is 5.55. The minimum Gasteiger partial charge on any atom is -0.330 e. The van der Waals surface area contributed by atoms with E-state index in [2.05, 4.69) is 10.6 Å². The van der Waals surface area contributed by atoms with Gasteiger partial charge in [-0.3, -0.25) is 9.59 Å². The summed E-state index contributed by atoms with van der Waals surface area (Å²) < 4.78 is 0. The van der Waals surface area contributed by atoms with Gasteiger partial charge in [0.2, 0.25) is 11.8 Å². The Morgan fingerprint density at radius 2 is 2.30 bits per heavy atom. The lowest BCUT2D eigenvalue weighted by Crippen LogP contribution is -2.16. The Bertz CT molecular complexity index is 545. The van der Waals surface area contributed by atoms with Gasteiger partial charge in [-0.25, -0.2) is 0 Å². The minimum atomic E-state index is -0.0931. The van der Waals surface area contributed by atoms with Crippen molar-refractivity contribution in [3.8, 4) is 0 Å². The largest absolute Gasteiger partial charge is 0.330 e. The molecule has 1 aliphatic rings. The fraction of sp³-hybridized carbons (Fsp3) is 0.429. The molecule has 0 bridgehead atoms. The molecule has 108 valence electrons. The molecule has 1 atom stereocenters. The monoisotopic (exact) mass is 295 g/mol. The van der Waals surface area contributed by atoms with Crippen LogP contribution < -0.4 is 16.4 Å². The predicted molar refractivity (Wildman–Crippen MR) is 79.9 cm³/mol. The summed E-state index contributed by atoms with van der Waals surface area (Å²) in [4.78, 5) is 23.2. The Hall–Kier alpha value is -1.59. The SMILES string of the molecule is CC(CN)CCC(=O)Nc1cc2c(cc1Cl)NC(=O)C2. The predicted octanol–water partition coefficient (Wildman–Crippen LogP) is 2.15. The number of halogens is 1. The fourth-order valence-electron chi connectivity index (χ4n) is 2.05. The number of amides is 2. The summed E-state index contributed by atoms with van der Waals surface area (Å²) in [6.45, 7) is 2.58. The summed E-state index contributed by atoms with van der Waals surface area (Å²) in [6, 6.07) is 3.42. The van der Waals surface area contributed by atoms with Crippen molar-refractivity contribution in [2.75, 3.05) is 17.2 Å². The minimum absolute atomic E-state index is 0.0590. The van der Waals surface area contributed by atoms with Crippen molar-refractivity contribution >= 4 is 34.8 Å². The summed E-state index contributed by atoms with van der Waals surface area (Å²) in [7, 11) is 0. The number of nitrogens with one attached hydrogen (secondary N) is 2. The molecule has 0 spiro atoms. The molecule has 6 heteroatoms. The van der Waals surface area contributed by atoms with Crippen LogP contribution >= 0.6 is 11.6 Å². The van der Waals surface area contributed by atoms with Crippen molar-refractivity contribution in [2.45, 2.75) is 26.2 Å². The van der Waals surface area contributed by atoms with Crippen molar-refractivity contribution in [2.24, 2.45) is 11.7 Å². The molecule has 5 nitrogen and oxygen atoms in total. The maximum Gasteiger partial charge on any atom is 0.228 e. The van der Waals surface area contributed by atoms with Crippen LogP contribution in [0.4, 0.5) is 11.4 Å². The first-order valence-corrected chi connectivity index (χ1v) is 6.99. The molecule has 20 heavy (non-hydrogen) atoms. The molecule has 4 N–H and O–H groups in total. The average molecular weight is 296 g/mol. The van der Waals surface area contributed by atoms with Gasteiger partial charge in [0, 0.05) is 12.1 Å². The Kier molecular flexibility index (Phi) is 4.62. The van der Waals surface area contributed by atoms with E-state index >= 15 is 0 Å².